The van der Waals surface area contributed by atoms with E-state index in [1.807, 2.05) is 36.4 Å². The monoisotopic (exact) mass is 266 g/mol. The maximum atomic E-state index is 9.08. The quantitative estimate of drug-likeness (QED) is 0.902. The Morgan fingerprint density at radius 2 is 1.95 bits per heavy atom. The van der Waals surface area contributed by atoms with Crippen LogP contribution in [-0.2, 0) is 6.54 Å². The summed E-state index contributed by atoms with van der Waals surface area (Å²) in [7, 11) is 1.57. The highest BCUT2D eigenvalue weighted by Gasteiger charge is 2.06. The summed E-state index contributed by atoms with van der Waals surface area (Å²) in [6.07, 6.45) is 0. The highest BCUT2D eigenvalue weighted by molar-refractivity contribution is 5.45. The third-order valence-corrected chi connectivity index (χ3v) is 3.30. The number of methoxy groups -OCH3 is 1. The molecule has 2 aromatic rings. The summed E-state index contributed by atoms with van der Waals surface area (Å²) in [5.41, 5.74) is 2.89. The van der Waals surface area contributed by atoms with Crippen LogP contribution < -0.4 is 10.1 Å². The van der Waals surface area contributed by atoms with Gasteiger partial charge in [-0.2, -0.15) is 5.26 Å². The van der Waals surface area contributed by atoms with E-state index in [9.17, 15) is 0 Å². The maximum absolute atomic E-state index is 9.08. The van der Waals surface area contributed by atoms with Crippen molar-refractivity contribution in [2.45, 2.75) is 19.5 Å². The minimum absolute atomic E-state index is 0.267. The molecule has 0 aromatic heterocycles. The number of rotatable bonds is 5. The first-order chi connectivity index (χ1) is 9.74. The molecule has 2 aromatic carbocycles. The van der Waals surface area contributed by atoms with Crippen LogP contribution >= 0.6 is 0 Å². The molecule has 0 radical (unpaired) electrons. The molecule has 0 saturated heterocycles. The minimum Gasteiger partial charge on any atom is -0.495 e. The Bertz CT molecular complexity index is 602. The van der Waals surface area contributed by atoms with Gasteiger partial charge in [0.05, 0.1) is 12.7 Å². The van der Waals surface area contributed by atoms with E-state index >= 15 is 0 Å². The predicted molar refractivity (Wildman–Crippen MR) is 79.4 cm³/mol. The lowest BCUT2D eigenvalue weighted by atomic mass is 10.1. The molecule has 3 nitrogen and oxygen atoms in total. The average molecular weight is 266 g/mol. The fourth-order valence-corrected chi connectivity index (χ4v) is 2.08. The van der Waals surface area contributed by atoms with Gasteiger partial charge in [-0.25, -0.2) is 0 Å². The number of hydrogen-bond donors (Lipinski definition) is 1. The second kappa shape index (κ2) is 6.74. The summed E-state index contributed by atoms with van der Waals surface area (Å²) < 4.78 is 5.14. The molecule has 3 heteroatoms. The van der Waals surface area contributed by atoms with Crippen LogP contribution in [0.1, 0.15) is 29.7 Å². The molecule has 20 heavy (non-hydrogen) atoms. The van der Waals surface area contributed by atoms with Crippen molar-refractivity contribution in [3.8, 4) is 11.8 Å². The van der Waals surface area contributed by atoms with Gasteiger partial charge >= 0.3 is 0 Å². The van der Waals surface area contributed by atoms with E-state index in [0.717, 1.165) is 5.56 Å². The van der Waals surface area contributed by atoms with Crippen molar-refractivity contribution in [3.05, 3.63) is 65.2 Å². The highest BCUT2D eigenvalue weighted by atomic mass is 16.5. The van der Waals surface area contributed by atoms with Gasteiger partial charge in [-0.3, -0.25) is 0 Å². The van der Waals surface area contributed by atoms with Crippen molar-refractivity contribution in [1.82, 2.24) is 5.32 Å². The van der Waals surface area contributed by atoms with Crippen molar-refractivity contribution in [1.29, 1.82) is 5.26 Å². The van der Waals surface area contributed by atoms with Gasteiger partial charge in [-0.1, -0.05) is 36.4 Å². The fourth-order valence-electron chi connectivity index (χ4n) is 2.08. The van der Waals surface area contributed by atoms with Crippen molar-refractivity contribution in [2.75, 3.05) is 7.11 Å². The zero-order chi connectivity index (χ0) is 14.4. The van der Waals surface area contributed by atoms with E-state index in [1.165, 1.54) is 5.56 Å². The topological polar surface area (TPSA) is 45.0 Å². The van der Waals surface area contributed by atoms with Gasteiger partial charge in [-0.15, -0.1) is 0 Å². The second-order valence-corrected chi connectivity index (χ2v) is 4.66. The lowest BCUT2D eigenvalue weighted by Crippen LogP contribution is -2.18. The van der Waals surface area contributed by atoms with Gasteiger partial charge in [0.1, 0.15) is 11.8 Å². The van der Waals surface area contributed by atoms with E-state index in [-0.39, 0.29) is 6.04 Å². The highest BCUT2D eigenvalue weighted by Crippen LogP contribution is 2.19. The number of ether oxygens (including phenoxy) is 1. The number of hydrogen-bond acceptors (Lipinski definition) is 3. The molecule has 2 rings (SSSR count). The predicted octanol–water partition coefficient (Wildman–Crippen LogP) is 3.42. The standard InChI is InChI=1S/C17H18N2O/c1-13(15-6-4-3-5-7-15)19-12-14-8-9-17(20-2)16(10-14)11-18/h3-10,13,19H,12H2,1-2H3. The van der Waals surface area contributed by atoms with Crippen LogP contribution in [-0.4, -0.2) is 7.11 Å². The van der Waals surface area contributed by atoms with Crippen LogP contribution in [0.3, 0.4) is 0 Å². The third-order valence-electron chi connectivity index (χ3n) is 3.30. The first-order valence-electron chi connectivity index (χ1n) is 6.60. The van der Waals surface area contributed by atoms with Crippen LogP contribution in [0.15, 0.2) is 48.5 Å². The smallest absolute Gasteiger partial charge is 0.136 e. The van der Waals surface area contributed by atoms with Gasteiger partial charge in [0.15, 0.2) is 0 Å². The molecule has 1 unspecified atom stereocenters. The zero-order valence-corrected chi connectivity index (χ0v) is 11.8. The van der Waals surface area contributed by atoms with Crippen LogP contribution in [0.5, 0.6) is 5.75 Å². The van der Waals surface area contributed by atoms with Crippen molar-refractivity contribution in [3.63, 3.8) is 0 Å². The number of nitriles is 1. The summed E-state index contributed by atoms with van der Waals surface area (Å²) in [6, 6.07) is 18.4. The summed E-state index contributed by atoms with van der Waals surface area (Å²) in [5, 5.41) is 12.5. The molecule has 0 saturated carbocycles. The van der Waals surface area contributed by atoms with Gasteiger partial charge < -0.3 is 10.1 Å². The number of benzene rings is 2. The Labute approximate surface area is 119 Å². The van der Waals surface area contributed by atoms with Crippen LogP contribution in [0.25, 0.3) is 0 Å². The zero-order valence-electron chi connectivity index (χ0n) is 11.8. The SMILES string of the molecule is COc1ccc(CNC(C)c2ccccc2)cc1C#N. The van der Waals surface area contributed by atoms with E-state index in [1.54, 1.807) is 7.11 Å². The van der Waals surface area contributed by atoms with E-state index < -0.39 is 0 Å². The third kappa shape index (κ3) is 3.37. The number of nitrogens with one attached hydrogen (secondary N) is 1. The van der Waals surface area contributed by atoms with Crippen LogP contribution in [0.4, 0.5) is 0 Å². The summed E-state index contributed by atoms with van der Waals surface area (Å²) in [4.78, 5) is 0. The molecular weight excluding hydrogens is 248 g/mol. The maximum Gasteiger partial charge on any atom is 0.136 e. The molecule has 0 heterocycles. The van der Waals surface area contributed by atoms with Gasteiger partial charge in [0.2, 0.25) is 0 Å². The molecule has 1 N–H and O–H groups in total. The van der Waals surface area contributed by atoms with E-state index in [0.29, 0.717) is 17.9 Å². The van der Waals surface area contributed by atoms with Crippen molar-refractivity contribution >= 4 is 0 Å². The Morgan fingerprint density at radius 1 is 1.20 bits per heavy atom. The fraction of sp³-hybridized carbons (Fsp3) is 0.235. The molecule has 0 aliphatic carbocycles. The van der Waals surface area contributed by atoms with Gasteiger partial charge in [-0.05, 0) is 30.2 Å². The molecule has 0 amide bonds. The van der Waals surface area contributed by atoms with Crippen molar-refractivity contribution in [2.24, 2.45) is 0 Å². The molecule has 0 bridgehead atoms. The molecule has 0 aliphatic heterocycles. The minimum atomic E-state index is 0.267. The van der Waals surface area contributed by atoms with Gasteiger partial charge in [0, 0.05) is 12.6 Å². The molecule has 0 aliphatic rings. The first-order valence-corrected chi connectivity index (χ1v) is 6.60. The van der Waals surface area contributed by atoms with E-state index in [2.05, 4.69) is 30.4 Å². The van der Waals surface area contributed by atoms with Crippen LogP contribution in [0.2, 0.25) is 0 Å². The van der Waals surface area contributed by atoms with Gasteiger partial charge in [0.25, 0.3) is 0 Å². The summed E-state index contributed by atoms with van der Waals surface area (Å²) >= 11 is 0. The number of nitrogens with zero attached hydrogens (tertiary/aromatic N) is 1. The molecule has 0 spiro atoms. The molecule has 1 atom stereocenters. The van der Waals surface area contributed by atoms with Crippen molar-refractivity contribution < 1.29 is 4.74 Å². The summed E-state index contributed by atoms with van der Waals surface area (Å²) in [5.74, 6) is 0.618. The lowest BCUT2D eigenvalue weighted by Gasteiger charge is -2.14. The second-order valence-electron chi connectivity index (χ2n) is 4.66. The molecule has 0 fully saturated rings. The Morgan fingerprint density at radius 3 is 2.60 bits per heavy atom. The summed E-state index contributed by atoms with van der Waals surface area (Å²) in [6.45, 7) is 2.85. The Hall–Kier alpha value is -2.31. The normalized spacial score (nSPS) is 11.7. The Balaban J connectivity index is 2.03. The largest absolute Gasteiger partial charge is 0.495 e. The molecule has 102 valence electrons. The van der Waals surface area contributed by atoms with Crippen LogP contribution in [0, 0.1) is 11.3 Å². The first kappa shape index (κ1) is 14.1. The lowest BCUT2D eigenvalue weighted by molar-refractivity contribution is 0.413. The Kier molecular flexibility index (Phi) is 4.75. The molecular formula is C17H18N2O. The van der Waals surface area contributed by atoms with E-state index in [4.69, 9.17) is 10.00 Å². The average Bonchev–Trinajstić information content (AvgIpc) is 2.53.